The Morgan fingerprint density at radius 1 is 1.35 bits per heavy atom. The summed E-state index contributed by atoms with van der Waals surface area (Å²) >= 11 is 4.95. The van der Waals surface area contributed by atoms with Crippen LogP contribution in [0.5, 0.6) is 0 Å². The number of pyridine rings is 1. The number of thiocarbonyl (C=S) groups is 1. The van der Waals surface area contributed by atoms with E-state index in [4.69, 9.17) is 18.0 Å². The third-order valence-corrected chi connectivity index (χ3v) is 2.50. The predicted molar refractivity (Wildman–Crippen MR) is 70.2 cm³/mol. The van der Waals surface area contributed by atoms with Gasteiger partial charge in [-0.05, 0) is 24.6 Å². The molecule has 0 saturated carbocycles. The van der Waals surface area contributed by atoms with Crippen molar-refractivity contribution in [1.82, 2.24) is 15.2 Å². The van der Waals surface area contributed by atoms with Crippen LogP contribution in [0.15, 0.2) is 30.7 Å². The minimum atomic E-state index is 0.281. The van der Waals surface area contributed by atoms with Crippen LogP contribution in [0, 0.1) is 6.92 Å². The van der Waals surface area contributed by atoms with Crippen LogP contribution >= 0.6 is 12.2 Å². The highest BCUT2D eigenvalue weighted by Gasteiger charge is 2.08. The van der Waals surface area contributed by atoms with Crippen molar-refractivity contribution in [3.05, 3.63) is 41.9 Å². The van der Waals surface area contributed by atoms with Gasteiger partial charge in [0, 0.05) is 6.20 Å². The molecule has 2 rings (SSSR count). The van der Waals surface area contributed by atoms with Crippen molar-refractivity contribution in [2.24, 2.45) is 5.73 Å². The fourth-order valence-corrected chi connectivity index (χ4v) is 1.51. The molecule has 6 heteroatoms. The molecule has 17 heavy (non-hydrogen) atoms. The zero-order chi connectivity index (χ0) is 12.3. The van der Waals surface area contributed by atoms with Crippen LogP contribution in [0.2, 0.25) is 0 Å². The number of nitrogens with one attached hydrogen (secondary N) is 1. The van der Waals surface area contributed by atoms with Gasteiger partial charge in [-0.2, -0.15) is 5.10 Å². The molecule has 3 N–H and O–H groups in total. The van der Waals surface area contributed by atoms with Gasteiger partial charge in [0.15, 0.2) is 5.82 Å². The van der Waals surface area contributed by atoms with Gasteiger partial charge in [0.05, 0.1) is 23.6 Å². The lowest BCUT2D eigenvalue weighted by Gasteiger charge is -2.10. The van der Waals surface area contributed by atoms with Crippen LogP contribution in [-0.2, 0) is 0 Å². The van der Waals surface area contributed by atoms with E-state index in [1.165, 1.54) is 0 Å². The van der Waals surface area contributed by atoms with E-state index in [2.05, 4.69) is 20.5 Å². The Kier molecular flexibility index (Phi) is 3.24. The zero-order valence-electron chi connectivity index (χ0n) is 9.21. The third-order valence-electron chi connectivity index (χ3n) is 2.28. The summed E-state index contributed by atoms with van der Waals surface area (Å²) in [6.45, 7) is 1.97. The Hall–Kier alpha value is -2.08. The lowest BCUT2D eigenvalue weighted by atomic mass is 10.2. The normalized spacial score (nSPS) is 9.94. The van der Waals surface area contributed by atoms with Crippen molar-refractivity contribution in [1.29, 1.82) is 0 Å². The van der Waals surface area contributed by atoms with Gasteiger partial charge in [-0.25, -0.2) is 0 Å². The molecule has 0 fully saturated rings. The van der Waals surface area contributed by atoms with Gasteiger partial charge in [0.1, 0.15) is 4.99 Å². The second-order valence-corrected chi connectivity index (χ2v) is 3.91. The highest BCUT2D eigenvalue weighted by Crippen LogP contribution is 2.19. The quantitative estimate of drug-likeness (QED) is 0.799. The first-order chi connectivity index (χ1) is 8.18. The first kappa shape index (κ1) is 11.4. The summed E-state index contributed by atoms with van der Waals surface area (Å²) in [7, 11) is 0. The predicted octanol–water partition coefficient (Wildman–Crippen LogP) is 1.56. The molecule has 0 atom stereocenters. The molecule has 0 aliphatic heterocycles. The average Bonchev–Trinajstić information content (AvgIpc) is 2.32. The van der Waals surface area contributed by atoms with E-state index in [1.54, 1.807) is 24.7 Å². The van der Waals surface area contributed by atoms with Gasteiger partial charge < -0.3 is 11.1 Å². The molecule has 0 aliphatic carbocycles. The third kappa shape index (κ3) is 2.54. The number of aromatic nitrogens is 3. The van der Waals surface area contributed by atoms with Gasteiger partial charge in [-0.1, -0.05) is 12.2 Å². The summed E-state index contributed by atoms with van der Waals surface area (Å²) in [6.07, 6.45) is 4.99. The molecule has 0 bridgehead atoms. The lowest BCUT2D eigenvalue weighted by Crippen LogP contribution is -2.13. The molecule has 2 aromatic rings. The number of hydrogen-bond acceptors (Lipinski definition) is 5. The molecule has 0 aromatic carbocycles. The summed E-state index contributed by atoms with van der Waals surface area (Å²) in [5.41, 5.74) is 8.19. The van der Waals surface area contributed by atoms with Crippen molar-refractivity contribution in [2.45, 2.75) is 6.92 Å². The van der Waals surface area contributed by atoms with Crippen LogP contribution in [0.1, 0.15) is 11.1 Å². The molecule has 0 saturated heterocycles. The molecule has 86 valence electrons. The Morgan fingerprint density at radius 3 is 2.88 bits per heavy atom. The van der Waals surface area contributed by atoms with Crippen molar-refractivity contribution in [3.63, 3.8) is 0 Å². The second-order valence-electron chi connectivity index (χ2n) is 3.47. The molecular weight excluding hydrogens is 234 g/mol. The SMILES string of the molecule is Cc1ccncc1Nc1nnccc1C(N)=S. The lowest BCUT2D eigenvalue weighted by molar-refractivity contribution is 1.03. The van der Waals surface area contributed by atoms with Crippen LogP contribution in [0.25, 0.3) is 0 Å². The Balaban J connectivity index is 2.37. The molecule has 0 radical (unpaired) electrons. The van der Waals surface area contributed by atoms with Crippen LogP contribution in [0.4, 0.5) is 11.5 Å². The molecule has 2 heterocycles. The zero-order valence-corrected chi connectivity index (χ0v) is 10.0. The maximum atomic E-state index is 5.61. The smallest absolute Gasteiger partial charge is 0.163 e. The van der Waals surface area contributed by atoms with Crippen LogP contribution < -0.4 is 11.1 Å². The molecule has 0 unspecified atom stereocenters. The molecule has 5 nitrogen and oxygen atoms in total. The number of nitrogens with two attached hydrogens (primary N) is 1. The van der Waals surface area contributed by atoms with Gasteiger partial charge in [-0.3, -0.25) is 4.98 Å². The summed E-state index contributed by atoms with van der Waals surface area (Å²) in [5.74, 6) is 0.538. The minimum absolute atomic E-state index is 0.281. The van der Waals surface area contributed by atoms with Crippen molar-refractivity contribution >= 4 is 28.7 Å². The van der Waals surface area contributed by atoms with E-state index < -0.39 is 0 Å². The van der Waals surface area contributed by atoms with Crippen molar-refractivity contribution in [2.75, 3.05) is 5.32 Å². The Labute approximate surface area is 104 Å². The van der Waals surface area contributed by atoms with E-state index in [0.29, 0.717) is 11.4 Å². The maximum absolute atomic E-state index is 5.61. The Morgan fingerprint density at radius 2 is 2.18 bits per heavy atom. The summed E-state index contributed by atoms with van der Waals surface area (Å²) < 4.78 is 0. The molecule has 0 aliphatic rings. The first-order valence-corrected chi connectivity index (χ1v) is 5.38. The van der Waals surface area contributed by atoms with E-state index in [0.717, 1.165) is 11.3 Å². The van der Waals surface area contributed by atoms with Crippen LogP contribution in [-0.4, -0.2) is 20.2 Å². The summed E-state index contributed by atoms with van der Waals surface area (Å²) in [6, 6.07) is 3.63. The van der Waals surface area contributed by atoms with E-state index in [-0.39, 0.29) is 4.99 Å². The van der Waals surface area contributed by atoms with Gasteiger partial charge in [0.2, 0.25) is 0 Å². The highest BCUT2D eigenvalue weighted by molar-refractivity contribution is 7.80. The topological polar surface area (TPSA) is 76.7 Å². The van der Waals surface area contributed by atoms with Gasteiger partial charge >= 0.3 is 0 Å². The highest BCUT2D eigenvalue weighted by atomic mass is 32.1. The number of nitrogens with zero attached hydrogens (tertiary/aromatic N) is 3. The van der Waals surface area contributed by atoms with E-state index in [9.17, 15) is 0 Å². The van der Waals surface area contributed by atoms with Crippen molar-refractivity contribution in [3.8, 4) is 0 Å². The van der Waals surface area contributed by atoms with Crippen molar-refractivity contribution < 1.29 is 0 Å². The maximum Gasteiger partial charge on any atom is 0.163 e. The first-order valence-electron chi connectivity index (χ1n) is 4.97. The standard InChI is InChI=1S/C11H11N5S/c1-7-2-4-13-6-9(7)15-11-8(10(12)17)3-5-14-16-11/h2-6H,1H3,(H2,12,17)(H,15,16). The number of rotatable bonds is 3. The average molecular weight is 245 g/mol. The van der Waals surface area contributed by atoms with E-state index >= 15 is 0 Å². The number of anilines is 2. The fourth-order valence-electron chi connectivity index (χ4n) is 1.35. The van der Waals surface area contributed by atoms with Crippen LogP contribution in [0.3, 0.4) is 0 Å². The Bertz CT molecular complexity index is 555. The monoisotopic (exact) mass is 245 g/mol. The second kappa shape index (κ2) is 4.84. The molecular formula is C11H11N5S. The van der Waals surface area contributed by atoms with Gasteiger partial charge in [-0.15, -0.1) is 5.10 Å². The fraction of sp³-hybridized carbons (Fsp3) is 0.0909. The van der Waals surface area contributed by atoms with E-state index in [1.807, 2.05) is 13.0 Å². The molecule has 0 spiro atoms. The molecule has 2 aromatic heterocycles. The van der Waals surface area contributed by atoms with Gasteiger partial charge in [0.25, 0.3) is 0 Å². The number of hydrogen-bond donors (Lipinski definition) is 2. The number of aryl methyl sites for hydroxylation is 1. The largest absolute Gasteiger partial charge is 0.389 e. The minimum Gasteiger partial charge on any atom is -0.389 e. The summed E-state index contributed by atoms with van der Waals surface area (Å²) in [5, 5.41) is 10.9. The molecule has 0 amide bonds. The summed E-state index contributed by atoms with van der Waals surface area (Å²) in [4.78, 5) is 4.32.